The summed E-state index contributed by atoms with van der Waals surface area (Å²) in [5.41, 5.74) is 0.176. The molecule has 0 amide bonds. The molecule has 0 atom stereocenters. The van der Waals surface area contributed by atoms with Gasteiger partial charge in [0.1, 0.15) is 0 Å². The number of aliphatic hydroxyl groups excluding tert-OH is 2. The molecule has 2 nitrogen and oxygen atoms in total. The normalized spacial score (nSPS) is 13.5. The van der Waals surface area contributed by atoms with Crippen molar-refractivity contribution in [1.82, 2.24) is 0 Å². The van der Waals surface area contributed by atoms with Gasteiger partial charge in [-0.25, -0.2) is 0 Å². The first kappa shape index (κ1) is 11.9. The van der Waals surface area contributed by atoms with Crippen molar-refractivity contribution < 1.29 is 10.2 Å². The highest BCUT2D eigenvalue weighted by molar-refractivity contribution is 4.85. The monoisotopic (exact) mass is 174 g/mol. The lowest BCUT2D eigenvalue weighted by Crippen LogP contribution is -2.34. The zero-order chi connectivity index (χ0) is 9.83. The van der Waals surface area contributed by atoms with Gasteiger partial charge < -0.3 is 10.2 Å². The van der Waals surface area contributed by atoms with Gasteiger partial charge in [-0.3, -0.25) is 0 Å². The lowest BCUT2D eigenvalue weighted by atomic mass is 9.65. The SMILES string of the molecule is CC(C)(CCO)C(C)(C)CCO. The summed E-state index contributed by atoms with van der Waals surface area (Å²) in [4.78, 5) is 0. The quantitative estimate of drug-likeness (QED) is 0.667. The Hall–Kier alpha value is -0.0800. The van der Waals surface area contributed by atoms with Crippen molar-refractivity contribution in [1.29, 1.82) is 0 Å². The van der Waals surface area contributed by atoms with Crippen molar-refractivity contribution >= 4 is 0 Å². The molecule has 2 N–H and O–H groups in total. The Morgan fingerprint density at radius 1 is 0.750 bits per heavy atom. The van der Waals surface area contributed by atoms with Gasteiger partial charge in [0.25, 0.3) is 0 Å². The molecule has 0 rings (SSSR count). The Bertz CT molecular complexity index is 112. The van der Waals surface area contributed by atoms with E-state index in [0.717, 1.165) is 12.8 Å². The van der Waals surface area contributed by atoms with Crippen molar-refractivity contribution in [2.24, 2.45) is 10.8 Å². The van der Waals surface area contributed by atoms with Crippen LogP contribution in [0.1, 0.15) is 40.5 Å². The molecule has 0 fully saturated rings. The van der Waals surface area contributed by atoms with E-state index in [1.54, 1.807) is 0 Å². The average Bonchev–Trinajstić information content (AvgIpc) is 1.86. The minimum Gasteiger partial charge on any atom is -0.396 e. The number of hydrogen-bond donors (Lipinski definition) is 2. The second-order valence-corrected chi connectivity index (χ2v) is 4.71. The fourth-order valence-electron chi connectivity index (χ4n) is 1.24. The summed E-state index contributed by atoms with van der Waals surface area (Å²) in [5, 5.41) is 17.7. The molecule has 0 saturated carbocycles. The zero-order valence-electron chi connectivity index (χ0n) is 8.72. The van der Waals surface area contributed by atoms with Crippen molar-refractivity contribution in [2.45, 2.75) is 40.5 Å². The second kappa shape index (κ2) is 4.24. The minimum absolute atomic E-state index is 0.0878. The molecule has 0 bridgehead atoms. The van der Waals surface area contributed by atoms with Gasteiger partial charge in [0, 0.05) is 13.2 Å². The fraction of sp³-hybridized carbons (Fsp3) is 1.00. The lowest BCUT2D eigenvalue weighted by molar-refractivity contribution is 0.0485. The van der Waals surface area contributed by atoms with Crippen LogP contribution >= 0.6 is 0 Å². The van der Waals surface area contributed by atoms with Gasteiger partial charge in [-0.2, -0.15) is 0 Å². The van der Waals surface area contributed by atoms with E-state index in [2.05, 4.69) is 27.7 Å². The van der Waals surface area contributed by atoms with E-state index in [9.17, 15) is 0 Å². The summed E-state index contributed by atoms with van der Waals surface area (Å²) in [6.07, 6.45) is 1.58. The number of rotatable bonds is 5. The van der Waals surface area contributed by atoms with Crippen LogP contribution in [-0.2, 0) is 0 Å². The highest BCUT2D eigenvalue weighted by atomic mass is 16.3. The zero-order valence-corrected chi connectivity index (χ0v) is 8.72. The molecule has 12 heavy (non-hydrogen) atoms. The smallest absolute Gasteiger partial charge is 0.0436 e. The molecule has 0 aromatic carbocycles. The topological polar surface area (TPSA) is 40.5 Å². The molecule has 0 aliphatic heterocycles. The third-order valence-electron chi connectivity index (χ3n) is 3.31. The maximum absolute atomic E-state index is 8.87. The summed E-state index contributed by atoms with van der Waals surface area (Å²) < 4.78 is 0. The van der Waals surface area contributed by atoms with Crippen LogP contribution in [0.15, 0.2) is 0 Å². The van der Waals surface area contributed by atoms with Gasteiger partial charge in [-0.05, 0) is 23.7 Å². The third kappa shape index (κ3) is 2.76. The summed E-state index contributed by atoms with van der Waals surface area (Å²) in [7, 11) is 0. The van der Waals surface area contributed by atoms with Crippen LogP contribution < -0.4 is 0 Å². The maximum atomic E-state index is 8.87. The first-order chi connectivity index (χ1) is 5.37. The van der Waals surface area contributed by atoms with E-state index in [1.807, 2.05) is 0 Å². The highest BCUT2D eigenvalue weighted by Gasteiger charge is 2.35. The molecule has 0 aromatic heterocycles. The molecule has 0 radical (unpaired) electrons. The van der Waals surface area contributed by atoms with Crippen molar-refractivity contribution in [3.63, 3.8) is 0 Å². The third-order valence-corrected chi connectivity index (χ3v) is 3.31. The molecule has 0 saturated heterocycles. The molecule has 2 heteroatoms. The fourth-order valence-corrected chi connectivity index (χ4v) is 1.24. The van der Waals surface area contributed by atoms with Crippen LogP contribution in [0.4, 0.5) is 0 Å². The Morgan fingerprint density at radius 3 is 1.17 bits per heavy atom. The van der Waals surface area contributed by atoms with Crippen molar-refractivity contribution in [3.8, 4) is 0 Å². The molecule has 0 aromatic rings. The van der Waals surface area contributed by atoms with Gasteiger partial charge in [-0.1, -0.05) is 27.7 Å². The van der Waals surface area contributed by atoms with Crippen LogP contribution in [0.2, 0.25) is 0 Å². The van der Waals surface area contributed by atoms with E-state index < -0.39 is 0 Å². The maximum Gasteiger partial charge on any atom is 0.0436 e. The molecular formula is C10H22O2. The second-order valence-electron chi connectivity index (χ2n) is 4.71. The van der Waals surface area contributed by atoms with E-state index in [1.165, 1.54) is 0 Å². The molecule has 74 valence electrons. The van der Waals surface area contributed by atoms with Crippen molar-refractivity contribution in [3.05, 3.63) is 0 Å². The molecule has 0 heterocycles. The average molecular weight is 174 g/mol. The van der Waals surface area contributed by atoms with Gasteiger partial charge in [-0.15, -0.1) is 0 Å². The van der Waals surface area contributed by atoms with Crippen LogP contribution in [0, 0.1) is 10.8 Å². The molecule has 0 aliphatic carbocycles. The van der Waals surface area contributed by atoms with Crippen LogP contribution in [-0.4, -0.2) is 23.4 Å². The Labute approximate surface area is 75.6 Å². The standard InChI is InChI=1S/C10H22O2/c1-9(2,5-7-11)10(3,4)6-8-12/h11-12H,5-8H2,1-4H3. The Morgan fingerprint density at radius 2 is 1.00 bits per heavy atom. The summed E-state index contributed by atoms with van der Waals surface area (Å²) in [5.74, 6) is 0. The molecule has 0 aliphatic rings. The van der Waals surface area contributed by atoms with Gasteiger partial charge in [0.2, 0.25) is 0 Å². The van der Waals surface area contributed by atoms with Gasteiger partial charge in [0.05, 0.1) is 0 Å². The Kier molecular flexibility index (Phi) is 4.21. The van der Waals surface area contributed by atoms with Gasteiger partial charge in [0.15, 0.2) is 0 Å². The predicted molar refractivity (Wildman–Crippen MR) is 51.0 cm³/mol. The first-order valence-electron chi connectivity index (χ1n) is 4.59. The summed E-state index contributed by atoms with van der Waals surface area (Å²) in [6, 6.07) is 0. The van der Waals surface area contributed by atoms with Crippen LogP contribution in [0.25, 0.3) is 0 Å². The van der Waals surface area contributed by atoms with E-state index in [4.69, 9.17) is 10.2 Å². The molecule has 0 spiro atoms. The minimum atomic E-state index is 0.0878. The van der Waals surface area contributed by atoms with E-state index >= 15 is 0 Å². The highest BCUT2D eigenvalue weighted by Crippen LogP contribution is 2.43. The molecular weight excluding hydrogens is 152 g/mol. The van der Waals surface area contributed by atoms with Crippen molar-refractivity contribution in [2.75, 3.05) is 13.2 Å². The Balaban J connectivity index is 4.28. The molecule has 0 unspecified atom stereocenters. The summed E-state index contributed by atoms with van der Waals surface area (Å²) in [6.45, 7) is 9.00. The van der Waals surface area contributed by atoms with Crippen LogP contribution in [0.3, 0.4) is 0 Å². The van der Waals surface area contributed by atoms with E-state index in [-0.39, 0.29) is 24.0 Å². The van der Waals surface area contributed by atoms with Gasteiger partial charge >= 0.3 is 0 Å². The number of aliphatic hydroxyl groups is 2. The first-order valence-corrected chi connectivity index (χ1v) is 4.59. The van der Waals surface area contributed by atoms with Crippen LogP contribution in [0.5, 0.6) is 0 Å². The largest absolute Gasteiger partial charge is 0.396 e. The lowest BCUT2D eigenvalue weighted by Gasteiger charge is -2.41. The summed E-state index contributed by atoms with van der Waals surface area (Å²) >= 11 is 0. The predicted octanol–water partition coefficient (Wildman–Crippen LogP) is 1.80. The van der Waals surface area contributed by atoms with E-state index in [0.29, 0.717) is 0 Å². The number of hydrogen-bond acceptors (Lipinski definition) is 2.